The number of anilines is 1. The SMILES string of the molecule is CCOC(=O)C(C)(C)c1csc(N2CCC(C)C(C)C2)n1. The molecule has 1 aliphatic heterocycles. The molecule has 0 aliphatic carbocycles. The van der Waals surface area contributed by atoms with Crippen molar-refractivity contribution in [2.24, 2.45) is 11.8 Å². The first kappa shape index (κ1) is 16.3. The summed E-state index contributed by atoms with van der Waals surface area (Å²) < 4.78 is 5.16. The Hall–Kier alpha value is -1.10. The molecular formula is C16H26N2O2S. The Balaban J connectivity index is 2.12. The molecule has 5 heteroatoms. The van der Waals surface area contributed by atoms with Gasteiger partial charge in [0.05, 0.1) is 12.3 Å². The van der Waals surface area contributed by atoms with Crippen LogP contribution in [0.4, 0.5) is 5.13 Å². The molecular weight excluding hydrogens is 284 g/mol. The third-order valence-electron chi connectivity index (χ3n) is 4.52. The molecule has 0 saturated carbocycles. The van der Waals surface area contributed by atoms with Crippen molar-refractivity contribution in [1.29, 1.82) is 0 Å². The Morgan fingerprint density at radius 3 is 2.81 bits per heavy atom. The number of hydrogen-bond acceptors (Lipinski definition) is 5. The number of nitrogens with zero attached hydrogens (tertiary/aromatic N) is 2. The third-order valence-corrected chi connectivity index (χ3v) is 5.42. The molecule has 2 rings (SSSR count). The summed E-state index contributed by atoms with van der Waals surface area (Å²) in [7, 11) is 0. The maximum Gasteiger partial charge on any atom is 0.317 e. The lowest BCUT2D eigenvalue weighted by Crippen LogP contribution is -2.38. The average molecular weight is 310 g/mol. The molecule has 0 spiro atoms. The molecule has 21 heavy (non-hydrogen) atoms. The van der Waals surface area contributed by atoms with Crippen LogP contribution in [0.1, 0.15) is 46.7 Å². The van der Waals surface area contributed by atoms with Gasteiger partial charge in [-0.15, -0.1) is 11.3 Å². The summed E-state index contributed by atoms with van der Waals surface area (Å²) in [5.41, 5.74) is 0.131. The van der Waals surface area contributed by atoms with E-state index in [-0.39, 0.29) is 5.97 Å². The van der Waals surface area contributed by atoms with E-state index in [1.54, 1.807) is 11.3 Å². The van der Waals surface area contributed by atoms with Crippen molar-refractivity contribution in [2.75, 3.05) is 24.6 Å². The monoisotopic (exact) mass is 310 g/mol. The highest BCUT2D eigenvalue weighted by atomic mass is 32.1. The zero-order chi connectivity index (χ0) is 15.6. The van der Waals surface area contributed by atoms with Crippen molar-refractivity contribution in [1.82, 2.24) is 4.98 Å². The lowest BCUT2D eigenvalue weighted by molar-refractivity contribution is -0.148. The first-order chi connectivity index (χ1) is 9.86. The highest BCUT2D eigenvalue weighted by Gasteiger charge is 2.35. The standard InChI is InChI=1S/C16H26N2O2S/c1-6-20-14(19)16(4,5)13-10-21-15(17-13)18-8-7-11(2)12(3)9-18/h10-12H,6-9H2,1-5H3. The molecule has 2 atom stereocenters. The Bertz CT molecular complexity index is 498. The van der Waals surface area contributed by atoms with Crippen molar-refractivity contribution in [3.8, 4) is 0 Å². The number of thiazole rings is 1. The van der Waals surface area contributed by atoms with Gasteiger partial charge in [-0.2, -0.15) is 0 Å². The lowest BCUT2D eigenvalue weighted by Gasteiger charge is -2.35. The molecule has 1 fully saturated rings. The predicted octanol–water partition coefficient (Wildman–Crippen LogP) is 3.47. The van der Waals surface area contributed by atoms with Crippen LogP contribution in [0.15, 0.2) is 5.38 Å². The van der Waals surface area contributed by atoms with Crippen LogP contribution >= 0.6 is 11.3 Å². The van der Waals surface area contributed by atoms with Gasteiger partial charge in [0, 0.05) is 18.5 Å². The normalized spacial score (nSPS) is 23.2. The van der Waals surface area contributed by atoms with Gasteiger partial charge in [-0.3, -0.25) is 4.79 Å². The zero-order valence-corrected chi connectivity index (χ0v) is 14.5. The van der Waals surface area contributed by atoms with E-state index in [1.807, 2.05) is 26.2 Å². The Kier molecular flexibility index (Phi) is 4.91. The van der Waals surface area contributed by atoms with Gasteiger partial charge in [0.1, 0.15) is 5.41 Å². The molecule has 4 nitrogen and oxygen atoms in total. The Morgan fingerprint density at radius 1 is 1.48 bits per heavy atom. The maximum absolute atomic E-state index is 12.1. The van der Waals surface area contributed by atoms with E-state index in [1.165, 1.54) is 6.42 Å². The molecule has 1 aromatic rings. The smallest absolute Gasteiger partial charge is 0.317 e. The van der Waals surface area contributed by atoms with Gasteiger partial charge >= 0.3 is 5.97 Å². The molecule has 2 heterocycles. The number of aromatic nitrogens is 1. The largest absolute Gasteiger partial charge is 0.465 e. The predicted molar refractivity (Wildman–Crippen MR) is 86.9 cm³/mol. The van der Waals surface area contributed by atoms with Crippen LogP contribution in [0.3, 0.4) is 0 Å². The summed E-state index contributed by atoms with van der Waals surface area (Å²) >= 11 is 1.63. The fourth-order valence-corrected chi connectivity index (χ4v) is 3.58. The molecule has 1 aromatic heterocycles. The Labute approximate surface area is 131 Å². The first-order valence-electron chi connectivity index (χ1n) is 7.74. The maximum atomic E-state index is 12.1. The van der Waals surface area contributed by atoms with Gasteiger partial charge in [-0.05, 0) is 39.0 Å². The van der Waals surface area contributed by atoms with E-state index < -0.39 is 5.41 Å². The minimum atomic E-state index is -0.681. The summed E-state index contributed by atoms with van der Waals surface area (Å²) in [6.45, 7) is 12.7. The van der Waals surface area contributed by atoms with Gasteiger partial charge in [-0.25, -0.2) is 4.98 Å². The fourth-order valence-electron chi connectivity index (χ4n) is 2.55. The summed E-state index contributed by atoms with van der Waals surface area (Å²) in [5.74, 6) is 1.25. The highest BCUT2D eigenvalue weighted by molar-refractivity contribution is 7.13. The van der Waals surface area contributed by atoms with Crippen LogP contribution < -0.4 is 4.90 Å². The van der Waals surface area contributed by atoms with E-state index >= 15 is 0 Å². The summed E-state index contributed by atoms with van der Waals surface area (Å²) in [6.07, 6.45) is 1.21. The highest BCUT2D eigenvalue weighted by Crippen LogP contribution is 2.33. The number of piperidine rings is 1. The summed E-state index contributed by atoms with van der Waals surface area (Å²) in [4.78, 5) is 19.1. The molecule has 1 aliphatic rings. The number of hydrogen-bond donors (Lipinski definition) is 0. The molecule has 1 saturated heterocycles. The molecule has 0 radical (unpaired) electrons. The summed E-state index contributed by atoms with van der Waals surface area (Å²) in [6, 6.07) is 0. The number of rotatable bonds is 4. The lowest BCUT2D eigenvalue weighted by atomic mass is 9.89. The van der Waals surface area contributed by atoms with Crippen LogP contribution in [0.25, 0.3) is 0 Å². The van der Waals surface area contributed by atoms with Crippen molar-refractivity contribution in [3.05, 3.63) is 11.1 Å². The van der Waals surface area contributed by atoms with Crippen molar-refractivity contribution < 1.29 is 9.53 Å². The van der Waals surface area contributed by atoms with Crippen molar-refractivity contribution >= 4 is 22.4 Å². The molecule has 0 N–H and O–H groups in total. The van der Waals surface area contributed by atoms with Gasteiger partial charge in [-0.1, -0.05) is 13.8 Å². The number of carbonyl (C=O) groups excluding carboxylic acids is 1. The fraction of sp³-hybridized carbons (Fsp3) is 0.750. The average Bonchev–Trinajstić information content (AvgIpc) is 2.92. The third kappa shape index (κ3) is 3.39. The molecule has 0 amide bonds. The molecule has 0 aromatic carbocycles. The van der Waals surface area contributed by atoms with Gasteiger partial charge < -0.3 is 9.64 Å². The second-order valence-electron chi connectivity index (χ2n) is 6.55. The number of esters is 1. The van der Waals surface area contributed by atoms with Crippen LogP contribution in [0.5, 0.6) is 0 Å². The molecule has 0 bridgehead atoms. The van der Waals surface area contributed by atoms with Crippen LogP contribution in [0.2, 0.25) is 0 Å². The van der Waals surface area contributed by atoms with E-state index in [9.17, 15) is 4.79 Å². The zero-order valence-electron chi connectivity index (χ0n) is 13.7. The quantitative estimate of drug-likeness (QED) is 0.799. The number of carbonyl (C=O) groups is 1. The van der Waals surface area contributed by atoms with Gasteiger partial charge in [0.15, 0.2) is 5.13 Å². The minimum absolute atomic E-state index is 0.206. The Morgan fingerprint density at radius 2 is 2.19 bits per heavy atom. The van der Waals surface area contributed by atoms with E-state index in [2.05, 4.69) is 18.7 Å². The van der Waals surface area contributed by atoms with Crippen LogP contribution in [0, 0.1) is 11.8 Å². The second-order valence-corrected chi connectivity index (χ2v) is 7.39. The van der Waals surface area contributed by atoms with Gasteiger partial charge in [0.25, 0.3) is 0 Å². The molecule has 118 valence electrons. The minimum Gasteiger partial charge on any atom is -0.465 e. The first-order valence-corrected chi connectivity index (χ1v) is 8.62. The van der Waals surface area contributed by atoms with Crippen LogP contribution in [-0.2, 0) is 14.9 Å². The van der Waals surface area contributed by atoms with Gasteiger partial charge in [0.2, 0.25) is 0 Å². The van der Waals surface area contributed by atoms with E-state index in [4.69, 9.17) is 9.72 Å². The van der Waals surface area contributed by atoms with Crippen molar-refractivity contribution in [2.45, 2.75) is 46.5 Å². The van der Waals surface area contributed by atoms with E-state index in [0.717, 1.165) is 29.8 Å². The topological polar surface area (TPSA) is 42.4 Å². The second kappa shape index (κ2) is 6.34. The molecule has 2 unspecified atom stereocenters. The summed E-state index contributed by atoms with van der Waals surface area (Å²) in [5, 5.41) is 3.02. The van der Waals surface area contributed by atoms with Crippen molar-refractivity contribution in [3.63, 3.8) is 0 Å². The number of ether oxygens (including phenoxy) is 1. The van der Waals surface area contributed by atoms with E-state index in [0.29, 0.717) is 12.5 Å². The van der Waals surface area contributed by atoms with Crippen LogP contribution in [-0.4, -0.2) is 30.6 Å².